The van der Waals surface area contributed by atoms with Crippen LogP contribution in [0, 0.1) is 0 Å². The predicted octanol–water partition coefficient (Wildman–Crippen LogP) is -3.25. The molecule has 4 nitrogen and oxygen atoms in total. The van der Waals surface area contributed by atoms with Crippen LogP contribution < -0.4 is 24.0 Å². The molecule has 0 fully saturated rings. The minimum Gasteiger partial charge on any atom is -0.545 e. The van der Waals surface area contributed by atoms with Crippen molar-refractivity contribution < 1.29 is 38.7 Å². The summed E-state index contributed by atoms with van der Waals surface area (Å²) in [6.07, 6.45) is 0. The Kier molecular flexibility index (Phi) is 4.25. The van der Waals surface area contributed by atoms with Gasteiger partial charge in [-0.1, -0.05) is 12.1 Å². The van der Waals surface area contributed by atoms with Crippen LogP contribution >= 0.6 is 0 Å². The first-order valence-electron chi connectivity index (χ1n) is 3.16. The summed E-state index contributed by atoms with van der Waals surface area (Å²) in [6.45, 7) is 0. The fraction of sp³-hybridized carbons (Fsp3) is 0. The molecule has 5 heteroatoms. The fourth-order valence-electron chi connectivity index (χ4n) is 0.749. The number of carboxylic acids is 2. The molecule has 0 radical (unpaired) electrons. The number of benzene rings is 1. The second-order valence-electron chi connectivity index (χ2n) is 2.17. The molecule has 0 aliphatic carbocycles. The number of hydrogen-bond acceptors (Lipinski definition) is 3. The molecule has 0 unspecified atom stereocenters. The van der Waals surface area contributed by atoms with Gasteiger partial charge >= 0.3 is 24.8 Å². The molecular formula is C8H5LiO4. The normalized spacial score (nSPS) is 8.62. The Labute approximate surface area is 86.4 Å². The van der Waals surface area contributed by atoms with Crippen LogP contribution in [0.4, 0.5) is 0 Å². The first-order valence-corrected chi connectivity index (χ1v) is 3.16. The summed E-state index contributed by atoms with van der Waals surface area (Å²) in [5.41, 5.74) is 0.0278. The van der Waals surface area contributed by atoms with Gasteiger partial charge in [0.1, 0.15) is 0 Å². The van der Waals surface area contributed by atoms with E-state index in [1.54, 1.807) is 0 Å². The number of hydrogen-bond donors (Lipinski definition) is 1. The maximum Gasteiger partial charge on any atom is 1.00 e. The third kappa shape index (κ3) is 2.94. The maximum absolute atomic E-state index is 10.3. The zero-order chi connectivity index (χ0) is 9.14. The van der Waals surface area contributed by atoms with Crippen molar-refractivity contribution in [2.45, 2.75) is 0 Å². The van der Waals surface area contributed by atoms with Crippen LogP contribution in [-0.2, 0) is 0 Å². The van der Waals surface area contributed by atoms with Crippen LogP contribution in [0.1, 0.15) is 20.7 Å². The van der Waals surface area contributed by atoms with Crippen LogP contribution in [0.15, 0.2) is 24.3 Å². The van der Waals surface area contributed by atoms with E-state index in [4.69, 9.17) is 5.11 Å². The molecule has 13 heavy (non-hydrogen) atoms. The summed E-state index contributed by atoms with van der Waals surface area (Å²) >= 11 is 0. The molecular weight excluding hydrogens is 167 g/mol. The SMILES string of the molecule is O=C([O-])c1ccc(C(=O)O)cc1.[Li+]. The topological polar surface area (TPSA) is 77.4 Å². The maximum atomic E-state index is 10.3. The average molecular weight is 172 g/mol. The largest absolute Gasteiger partial charge is 1.00 e. The van der Waals surface area contributed by atoms with E-state index in [1.165, 1.54) is 24.3 Å². The van der Waals surface area contributed by atoms with Gasteiger partial charge in [0.25, 0.3) is 0 Å². The van der Waals surface area contributed by atoms with Crippen molar-refractivity contribution in [1.29, 1.82) is 0 Å². The van der Waals surface area contributed by atoms with Crippen molar-refractivity contribution in [3.05, 3.63) is 35.4 Å². The minimum absolute atomic E-state index is 0. The Balaban J connectivity index is 0.00000144. The minimum atomic E-state index is -1.31. The second kappa shape index (κ2) is 4.70. The first kappa shape index (κ1) is 11.8. The monoisotopic (exact) mass is 172 g/mol. The summed E-state index contributed by atoms with van der Waals surface area (Å²) in [7, 11) is 0. The van der Waals surface area contributed by atoms with E-state index in [0.29, 0.717) is 0 Å². The molecule has 0 bridgehead atoms. The number of carboxylic acid groups (broad SMARTS) is 2. The Bertz CT molecular complexity index is 284. The second-order valence-corrected chi connectivity index (χ2v) is 2.17. The molecule has 0 aromatic heterocycles. The van der Waals surface area contributed by atoms with Gasteiger partial charge < -0.3 is 15.0 Å². The molecule has 0 saturated carbocycles. The van der Waals surface area contributed by atoms with Crippen LogP contribution in [0.5, 0.6) is 0 Å². The molecule has 0 saturated heterocycles. The number of aromatic carboxylic acids is 2. The van der Waals surface area contributed by atoms with Gasteiger partial charge in [0, 0.05) is 0 Å². The summed E-state index contributed by atoms with van der Waals surface area (Å²) in [4.78, 5) is 20.5. The molecule has 0 aliphatic rings. The molecule has 0 spiro atoms. The van der Waals surface area contributed by atoms with Crippen LogP contribution in [0.3, 0.4) is 0 Å². The fourth-order valence-corrected chi connectivity index (χ4v) is 0.749. The van der Waals surface area contributed by atoms with E-state index in [9.17, 15) is 14.7 Å². The number of rotatable bonds is 2. The molecule has 1 N–H and O–H groups in total. The van der Waals surface area contributed by atoms with Gasteiger partial charge in [0.05, 0.1) is 11.5 Å². The van der Waals surface area contributed by atoms with Gasteiger partial charge in [0.2, 0.25) is 0 Å². The van der Waals surface area contributed by atoms with E-state index >= 15 is 0 Å². The number of carbonyl (C=O) groups is 2. The Morgan fingerprint density at radius 2 is 1.46 bits per heavy atom. The third-order valence-electron chi connectivity index (χ3n) is 1.37. The summed E-state index contributed by atoms with van der Waals surface area (Å²) in [5.74, 6) is -2.40. The Morgan fingerprint density at radius 1 is 1.08 bits per heavy atom. The smallest absolute Gasteiger partial charge is 0.545 e. The molecule has 0 atom stereocenters. The molecule has 62 valence electrons. The van der Waals surface area contributed by atoms with Crippen molar-refractivity contribution in [2.24, 2.45) is 0 Å². The van der Waals surface area contributed by atoms with Crippen molar-refractivity contribution in [3.63, 3.8) is 0 Å². The Morgan fingerprint density at radius 3 is 1.77 bits per heavy atom. The summed E-state index contributed by atoms with van der Waals surface area (Å²) in [5, 5.41) is 18.7. The van der Waals surface area contributed by atoms with Crippen LogP contribution in [-0.4, -0.2) is 17.0 Å². The summed E-state index contributed by atoms with van der Waals surface area (Å²) in [6, 6.07) is 4.82. The standard InChI is InChI=1S/C8H6O4.Li/c9-7(10)5-1-2-6(4-3-5)8(11)12;/h1-4H,(H,9,10)(H,11,12);/q;+1/p-1. The van der Waals surface area contributed by atoms with Gasteiger partial charge in [0.15, 0.2) is 0 Å². The van der Waals surface area contributed by atoms with Crippen molar-refractivity contribution in [2.75, 3.05) is 0 Å². The van der Waals surface area contributed by atoms with E-state index in [2.05, 4.69) is 0 Å². The van der Waals surface area contributed by atoms with Gasteiger partial charge in [-0.25, -0.2) is 4.79 Å². The molecule has 1 aromatic rings. The van der Waals surface area contributed by atoms with E-state index < -0.39 is 11.9 Å². The van der Waals surface area contributed by atoms with Crippen LogP contribution in [0.2, 0.25) is 0 Å². The molecule has 1 aromatic carbocycles. The molecule has 0 aliphatic heterocycles. The van der Waals surface area contributed by atoms with Crippen molar-refractivity contribution in [1.82, 2.24) is 0 Å². The van der Waals surface area contributed by atoms with Crippen molar-refractivity contribution >= 4 is 11.9 Å². The van der Waals surface area contributed by atoms with Crippen LogP contribution in [0.25, 0.3) is 0 Å². The zero-order valence-corrected chi connectivity index (χ0v) is 6.98. The zero-order valence-electron chi connectivity index (χ0n) is 6.98. The van der Waals surface area contributed by atoms with Gasteiger partial charge in [-0.2, -0.15) is 0 Å². The first-order chi connectivity index (χ1) is 5.61. The van der Waals surface area contributed by atoms with Gasteiger partial charge in [-0.05, 0) is 17.7 Å². The van der Waals surface area contributed by atoms with E-state index in [1.807, 2.05) is 0 Å². The molecule has 0 amide bonds. The van der Waals surface area contributed by atoms with E-state index in [-0.39, 0.29) is 30.0 Å². The molecule has 0 heterocycles. The quantitative estimate of drug-likeness (QED) is 0.475. The predicted molar refractivity (Wildman–Crippen MR) is 37.7 cm³/mol. The van der Waals surface area contributed by atoms with Crippen molar-refractivity contribution in [3.8, 4) is 0 Å². The van der Waals surface area contributed by atoms with Gasteiger partial charge in [-0.3, -0.25) is 0 Å². The van der Waals surface area contributed by atoms with Gasteiger partial charge in [-0.15, -0.1) is 0 Å². The Hall–Kier alpha value is -1.24. The number of carbonyl (C=O) groups excluding carboxylic acids is 1. The van der Waals surface area contributed by atoms with E-state index in [0.717, 1.165) is 0 Å². The third-order valence-corrected chi connectivity index (χ3v) is 1.37. The molecule has 1 rings (SSSR count). The average Bonchev–Trinajstić information content (AvgIpc) is 2.04. The summed E-state index contributed by atoms with van der Waals surface area (Å²) < 4.78 is 0.